The van der Waals surface area contributed by atoms with Crippen molar-refractivity contribution in [3.05, 3.63) is 29.8 Å². The summed E-state index contributed by atoms with van der Waals surface area (Å²) in [5.74, 6) is 0.970. The van der Waals surface area contributed by atoms with E-state index in [-0.39, 0.29) is 5.82 Å². The molecule has 4 nitrogen and oxygen atoms in total. The number of pyridine rings is 1. The number of hydrogen-bond donors (Lipinski definition) is 1. The fourth-order valence-corrected chi connectivity index (χ4v) is 1.38. The summed E-state index contributed by atoms with van der Waals surface area (Å²) in [6.07, 6.45) is 0. The smallest absolute Gasteiger partial charge is 0.142 e. The molecule has 0 atom stereocenters. The Morgan fingerprint density at radius 2 is 2.20 bits per heavy atom. The van der Waals surface area contributed by atoms with Crippen LogP contribution in [0.2, 0.25) is 0 Å². The van der Waals surface area contributed by atoms with Crippen molar-refractivity contribution in [1.29, 1.82) is 5.26 Å². The van der Waals surface area contributed by atoms with Crippen molar-refractivity contribution in [2.75, 3.05) is 12.8 Å². The Labute approximate surface area is 86.9 Å². The van der Waals surface area contributed by atoms with E-state index in [1.807, 2.05) is 18.2 Å². The van der Waals surface area contributed by atoms with Gasteiger partial charge in [0, 0.05) is 11.5 Å². The number of anilines is 1. The number of aromatic nitrogens is 1. The first-order chi connectivity index (χ1) is 7.24. The van der Waals surface area contributed by atoms with Crippen LogP contribution >= 0.6 is 0 Å². The number of nitrogens with zero attached hydrogens (tertiary/aromatic N) is 2. The number of ether oxygens (including phenoxy) is 1. The van der Waals surface area contributed by atoms with Gasteiger partial charge in [0.25, 0.3) is 0 Å². The minimum Gasteiger partial charge on any atom is -0.497 e. The molecule has 2 aromatic rings. The fourth-order valence-electron chi connectivity index (χ4n) is 1.38. The molecule has 4 heteroatoms. The van der Waals surface area contributed by atoms with Gasteiger partial charge in [-0.1, -0.05) is 0 Å². The van der Waals surface area contributed by atoms with Crippen LogP contribution in [0.4, 0.5) is 5.82 Å². The van der Waals surface area contributed by atoms with Crippen molar-refractivity contribution >= 4 is 16.7 Å². The standard InChI is InChI=1S/C11H9N3O/c1-15-9-3-2-7-4-8(6-12)11(13)14-10(7)5-9/h2-5H,1H3,(H2,13,14). The second-order valence-electron chi connectivity index (χ2n) is 3.09. The van der Waals surface area contributed by atoms with Crippen molar-refractivity contribution in [2.24, 2.45) is 0 Å². The van der Waals surface area contributed by atoms with Crippen LogP contribution in [-0.2, 0) is 0 Å². The summed E-state index contributed by atoms with van der Waals surface area (Å²) in [7, 11) is 1.59. The number of nitriles is 1. The summed E-state index contributed by atoms with van der Waals surface area (Å²) in [5.41, 5.74) is 6.74. The Morgan fingerprint density at radius 1 is 1.40 bits per heavy atom. The number of nitrogen functional groups attached to an aromatic ring is 1. The van der Waals surface area contributed by atoms with Gasteiger partial charge >= 0.3 is 0 Å². The monoisotopic (exact) mass is 199 g/mol. The zero-order valence-corrected chi connectivity index (χ0v) is 8.19. The number of rotatable bonds is 1. The number of hydrogen-bond acceptors (Lipinski definition) is 4. The lowest BCUT2D eigenvalue weighted by Crippen LogP contribution is -1.95. The molecular formula is C11H9N3O. The van der Waals surface area contributed by atoms with E-state index in [1.165, 1.54) is 0 Å². The van der Waals surface area contributed by atoms with Gasteiger partial charge in [-0.2, -0.15) is 5.26 Å². The molecule has 1 aromatic heterocycles. The number of nitrogens with two attached hydrogens (primary N) is 1. The lowest BCUT2D eigenvalue weighted by molar-refractivity contribution is 0.415. The molecule has 0 saturated heterocycles. The summed E-state index contributed by atoms with van der Waals surface area (Å²) in [6, 6.07) is 9.17. The van der Waals surface area contributed by atoms with Crippen LogP contribution in [0.3, 0.4) is 0 Å². The zero-order valence-electron chi connectivity index (χ0n) is 8.19. The predicted molar refractivity (Wildman–Crippen MR) is 57.4 cm³/mol. The lowest BCUT2D eigenvalue weighted by Gasteiger charge is -2.03. The second kappa shape index (κ2) is 3.46. The number of benzene rings is 1. The van der Waals surface area contributed by atoms with E-state index in [1.54, 1.807) is 19.2 Å². The van der Waals surface area contributed by atoms with Crippen LogP contribution < -0.4 is 10.5 Å². The minimum atomic E-state index is 0.248. The summed E-state index contributed by atoms with van der Waals surface area (Å²) in [6.45, 7) is 0. The Bertz CT molecular complexity index is 557. The van der Waals surface area contributed by atoms with Gasteiger partial charge in [0.05, 0.1) is 18.2 Å². The molecular weight excluding hydrogens is 190 g/mol. The van der Waals surface area contributed by atoms with Crippen molar-refractivity contribution in [1.82, 2.24) is 4.98 Å². The van der Waals surface area contributed by atoms with Gasteiger partial charge < -0.3 is 10.5 Å². The molecule has 1 aromatic carbocycles. The summed E-state index contributed by atoms with van der Waals surface area (Å²) >= 11 is 0. The van der Waals surface area contributed by atoms with Crippen LogP contribution in [0.5, 0.6) is 5.75 Å². The Kier molecular flexibility index (Phi) is 2.14. The second-order valence-corrected chi connectivity index (χ2v) is 3.09. The lowest BCUT2D eigenvalue weighted by atomic mass is 10.1. The third kappa shape index (κ3) is 1.55. The predicted octanol–water partition coefficient (Wildman–Crippen LogP) is 1.70. The zero-order chi connectivity index (χ0) is 10.8. The van der Waals surface area contributed by atoms with Crippen molar-refractivity contribution in [2.45, 2.75) is 0 Å². The van der Waals surface area contributed by atoms with E-state index < -0.39 is 0 Å². The highest BCUT2D eigenvalue weighted by Gasteiger charge is 2.03. The van der Waals surface area contributed by atoms with Gasteiger partial charge in [-0.3, -0.25) is 0 Å². The Morgan fingerprint density at radius 3 is 2.87 bits per heavy atom. The topological polar surface area (TPSA) is 71.9 Å². The van der Waals surface area contributed by atoms with Crippen LogP contribution in [0, 0.1) is 11.3 Å². The minimum absolute atomic E-state index is 0.248. The van der Waals surface area contributed by atoms with Gasteiger partial charge in [0.15, 0.2) is 0 Å². The molecule has 0 aliphatic rings. The average Bonchev–Trinajstić information content (AvgIpc) is 2.27. The first-order valence-electron chi connectivity index (χ1n) is 4.39. The number of fused-ring (bicyclic) bond motifs is 1. The third-order valence-corrected chi connectivity index (χ3v) is 2.17. The highest BCUT2D eigenvalue weighted by Crippen LogP contribution is 2.22. The molecule has 0 spiro atoms. The highest BCUT2D eigenvalue weighted by molar-refractivity contribution is 5.83. The van der Waals surface area contributed by atoms with Crippen molar-refractivity contribution in [3.8, 4) is 11.8 Å². The van der Waals surface area contributed by atoms with Crippen LogP contribution in [0.25, 0.3) is 10.9 Å². The molecule has 0 unspecified atom stereocenters. The molecule has 0 bridgehead atoms. The SMILES string of the molecule is COc1ccc2cc(C#N)c(N)nc2c1. The van der Waals surface area contributed by atoms with Gasteiger partial charge in [-0.25, -0.2) is 4.98 Å². The van der Waals surface area contributed by atoms with E-state index in [0.717, 1.165) is 16.7 Å². The maximum absolute atomic E-state index is 8.78. The highest BCUT2D eigenvalue weighted by atomic mass is 16.5. The molecule has 0 amide bonds. The molecule has 74 valence electrons. The molecule has 15 heavy (non-hydrogen) atoms. The van der Waals surface area contributed by atoms with Crippen molar-refractivity contribution in [3.63, 3.8) is 0 Å². The molecule has 0 aliphatic carbocycles. The van der Waals surface area contributed by atoms with E-state index in [0.29, 0.717) is 5.56 Å². The maximum atomic E-state index is 8.78. The Hall–Kier alpha value is -2.28. The molecule has 1 heterocycles. The fraction of sp³-hybridized carbons (Fsp3) is 0.0909. The van der Waals surface area contributed by atoms with E-state index in [2.05, 4.69) is 4.98 Å². The maximum Gasteiger partial charge on any atom is 0.142 e. The first kappa shape index (κ1) is 9.28. The normalized spacial score (nSPS) is 9.87. The molecule has 0 radical (unpaired) electrons. The van der Waals surface area contributed by atoms with E-state index in [9.17, 15) is 0 Å². The van der Waals surface area contributed by atoms with Crippen LogP contribution in [0.15, 0.2) is 24.3 Å². The molecule has 0 aliphatic heterocycles. The van der Waals surface area contributed by atoms with Gasteiger partial charge in [-0.15, -0.1) is 0 Å². The quantitative estimate of drug-likeness (QED) is 0.758. The summed E-state index contributed by atoms with van der Waals surface area (Å²) in [4.78, 5) is 4.13. The molecule has 2 rings (SSSR count). The van der Waals surface area contributed by atoms with Crippen molar-refractivity contribution < 1.29 is 4.74 Å². The average molecular weight is 199 g/mol. The molecule has 0 saturated carbocycles. The molecule has 2 N–H and O–H groups in total. The summed E-state index contributed by atoms with van der Waals surface area (Å²) < 4.78 is 5.07. The largest absolute Gasteiger partial charge is 0.497 e. The van der Waals surface area contributed by atoms with E-state index in [4.69, 9.17) is 15.7 Å². The third-order valence-electron chi connectivity index (χ3n) is 2.17. The number of methoxy groups -OCH3 is 1. The van der Waals surface area contributed by atoms with Gasteiger partial charge in [-0.05, 0) is 18.2 Å². The van der Waals surface area contributed by atoms with Gasteiger partial charge in [0.1, 0.15) is 17.6 Å². The molecule has 0 fully saturated rings. The van der Waals surface area contributed by atoms with Crippen LogP contribution in [-0.4, -0.2) is 12.1 Å². The first-order valence-corrected chi connectivity index (χ1v) is 4.39. The van der Waals surface area contributed by atoms with E-state index >= 15 is 0 Å². The van der Waals surface area contributed by atoms with Crippen LogP contribution in [0.1, 0.15) is 5.56 Å². The Balaban J connectivity index is 2.71. The summed E-state index contributed by atoms with van der Waals surface area (Å²) in [5, 5.41) is 9.66. The van der Waals surface area contributed by atoms with Gasteiger partial charge in [0.2, 0.25) is 0 Å².